The van der Waals surface area contributed by atoms with E-state index in [1.54, 1.807) is 44.8 Å². The van der Waals surface area contributed by atoms with Gasteiger partial charge in [0.15, 0.2) is 0 Å². The van der Waals surface area contributed by atoms with Gasteiger partial charge in [-0.05, 0) is 24.3 Å². The van der Waals surface area contributed by atoms with Crippen LogP contribution in [0.15, 0.2) is 42.7 Å². The number of piperazine rings is 1. The quantitative estimate of drug-likeness (QED) is 0.860. The molecule has 1 aromatic heterocycles. The van der Waals surface area contributed by atoms with Crippen LogP contribution in [-0.4, -0.2) is 56.2 Å². The molecule has 6 nitrogen and oxygen atoms in total. The van der Waals surface area contributed by atoms with Gasteiger partial charge in [-0.3, -0.25) is 9.78 Å². The van der Waals surface area contributed by atoms with Crippen LogP contribution in [0.25, 0.3) is 0 Å². The largest absolute Gasteiger partial charge is 0.497 e. The summed E-state index contributed by atoms with van der Waals surface area (Å²) in [6.07, 6.45) is 3.57. The van der Waals surface area contributed by atoms with Gasteiger partial charge in [0, 0.05) is 50.3 Å². The van der Waals surface area contributed by atoms with E-state index in [4.69, 9.17) is 9.47 Å². The molecule has 0 bridgehead atoms. The monoisotopic (exact) mass is 327 g/mol. The maximum Gasteiger partial charge on any atom is 0.257 e. The number of rotatable bonds is 4. The first-order valence-corrected chi connectivity index (χ1v) is 7.89. The van der Waals surface area contributed by atoms with Crippen LogP contribution in [0.1, 0.15) is 10.4 Å². The van der Waals surface area contributed by atoms with E-state index in [9.17, 15) is 4.79 Å². The third kappa shape index (κ3) is 3.27. The van der Waals surface area contributed by atoms with E-state index >= 15 is 0 Å². The maximum absolute atomic E-state index is 12.8. The Kier molecular flexibility index (Phi) is 4.84. The zero-order valence-electron chi connectivity index (χ0n) is 13.9. The molecule has 1 fully saturated rings. The molecule has 2 heterocycles. The molecule has 1 saturated heterocycles. The number of carbonyl (C=O) groups excluding carboxylic acids is 1. The Bertz CT molecular complexity index is 698. The van der Waals surface area contributed by atoms with Gasteiger partial charge in [0.05, 0.1) is 19.8 Å². The zero-order valence-corrected chi connectivity index (χ0v) is 13.9. The summed E-state index contributed by atoms with van der Waals surface area (Å²) in [5.41, 5.74) is 1.70. The molecule has 0 spiro atoms. The van der Waals surface area contributed by atoms with Crippen LogP contribution >= 0.6 is 0 Å². The van der Waals surface area contributed by atoms with Gasteiger partial charge in [-0.2, -0.15) is 0 Å². The Morgan fingerprint density at radius 2 is 1.71 bits per heavy atom. The molecule has 0 aliphatic carbocycles. The fourth-order valence-corrected chi connectivity index (χ4v) is 2.87. The van der Waals surface area contributed by atoms with E-state index in [1.165, 1.54) is 0 Å². The molecule has 0 atom stereocenters. The fraction of sp³-hybridized carbons (Fsp3) is 0.333. The number of benzene rings is 1. The summed E-state index contributed by atoms with van der Waals surface area (Å²) >= 11 is 0. The molecule has 1 aliphatic heterocycles. The predicted octanol–water partition coefficient (Wildman–Crippen LogP) is 2.06. The molecule has 3 rings (SSSR count). The maximum atomic E-state index is 12.8. The lowest BCUT2D eigenvalue weighted by atomic mass is 10.1. The number of carbonyl (C=O) groups is 1. The van der Waals surface area contributed by atoms with Crippen molar-refractivity contribution in [2.75, 3.05) is 45.3 Å². The number of ether oxygens (including phenoxy) is 2. The third-order valence-electron chi connectivity index (χ3n) is 4.23. The normalized spacial score (nSPS) is 14.4. The molecular weight excluding hydrogens is 306 g/mol. The van der Waals surface area contributed by atoms with Crippen LogP contribution < -0.4 is 14.4 Å². The highest BCUT2D eigenvalue weighted by atomic mass is 16.5. The average molecular weight is 327 g/mol. The van der Waals surface area contributed by atoms with Crippen molar-refractivity contribution in [2.45, 2.75) is 0 Å². The molecule has 1 amide bonds. The Morgan fingerprint density at radius 1 is 1.00 bits per heavy atom. The number of methoxy groups -OCH3 is 2. The van der Waals surface area contributed by atoms with E-state index in [0.29, 0.717) is 30.2 Å². The van der Waals surface area contributed by atoms with Crippen LogP contribution in [0.2, 0.25) is 0 Å². The van der Waals surface area contributed by atoms with E-state index in [2.05, 4.69) is 9.88 Å². The molecule has 0 N–H and O–H groups in total. The van der Waals surface area contributed by atoms with Crippen LogP contribution in [0, 0.1) is 0 Å². The van der Waals surface area contributed by atoms with Crippen molar-refractivity contribution < 1.29 is 14.3 Å². The van der Waals surface area contributed by atoms with Crippen LogP contribution in [0.5, 0.6) is 11.5 Å². The minimum atomic E-state index is -0.0103. The van der Waals surface area contributed by atoms with Crippen molar-refractivity contribution in [2.24, 2.45) is 0 Å². The number of hydrogen-bond acceptors (Lipinski definition) is 5. The summed E-state index contributed by atoms with van der Waals surface area (Å²) in [5.74, 6) is 1.20. The van der Waals surface area contributed by atoms with E-state index in [-0.39, 0.29) is 5.91 Å². The minimum Gasteiger partial charge on any atom is -0.497 e. The molecule has 0 saturated carbocycles. The second kappa shape index (κ2) is 7.21. The Hall–Kier alpha value is -2.76. The summed E-state index contributed by atoms with van der Waals surface area (Å²) < 4.78 is 10.5. The number of pyridine rings is 1. The second-order valence-electron chi connectivity index (χ2n) is 5.55. The van der Waals surface area contributed by atoms with Crippen molar-refractivity contribution in [1.29, 1.82) is 0 Å². The molecule has 126 valence electrons. The van der Waals surface area contributed by atoms with Crippen molar-refractivity contribution in [3.05, 3.63) is 48.3 Å². The molecule has 6 heteroatoms. The highest BCUT2D eigenvalue weighted by molar-refractivity contribution is 5.97. The summed E-state index contributed by atoms with van der Waals surface area (Å²) in [6.45, 7) is 2.95. The van der Waals surface area contributed by atoms with Crippen molar-refractivity contribution >= 4 is 11.6 Å². The lowest BCUT2D eigenvalue weighted by molar-refractivity contribution is 0.0743. The Balaban J connectivity index is 1.69. The van der Waals surface area contributed by atoms with Gasteiger partial charge in [0.25, 0.3) is 5.91 Å². The van der Waals surface area contributed by atoms with Gasteiger partial charge in [0.2, 0.25) is 0 Å². The topological polar surface area (TPSA) is 54.9 Å². The zero-order chi connectivity index (χ0) is 16.9. The van der Waals surface area contributed by atoms with Crippen molar-refractivity contribution in [3.63, 3.8) is 0 Å². The Labute approximate surface area is 141 Å². The van der Waals surface area contributed by atoms with Gasteiger partial charge in [-0.15, -0.1) is 0 Å². The first-order valence-electron chi connectivity index (χ1n) is 7.89. The van der Waals surface area contributed by atoms with Crippen LogP contribution in [-0.2, 0) is 0 Å². The first-order chi connectivity index (χ1) is 11.7. The highest BCUT2D eigenvalue weighted by Crippen LogP contribution is 2.26. The summed E-state index contributed by atoms with van der Waals surface area (Å²) in [7, 11) is 3.15. The lowest BCUT2D eigenvalue weighted by Crippen LogP contribution is -2.48. The van der Waals surface area contributed by atoms with Crippen LogP contribution in [0.3, 0.4) is 0 Å². The van der Waals surface area contributed by atoms with Gasteiger partial charge >= 0.3 is 0 Å². The van der Waals surface area contributed by atoms with Gasteiger partial charge in [-0.25, -0.2) is 0 Å². The number of aromatic nitrogens is 1. The van der Waals surface area contributed by atoms with E-state index in [0.717, 1.165) is 18.8 Å². The minimum absolute atomic E-state index is 0.0103. The molecule has 2 aromatic rings. The van der Waals surface area contributed by atoms with Gasteiger partial charge in [0.1, 0.15) is 11.5 Å². The molecular formula is C18H21N3O3. The highest BCUT2D eigenvalue weighted by Gasteiger charge is 2.24. The van der Waals surface area contributed by atoms with Gasteiger partial charge < -0.3 is 19.3 Å². The SMILES string of the molecule is COc1ccc(C(=O)N2CCN(c3ccncc3)CC2)c(OC)c1. The predicted molar refractivity (Wildman–Crippen MR) is 91.9 cm³/mol. The smallest absolute Gasteiger partial charge is 0.257 e. The fourth-order valence-electron chi connectivity index (χ4n) is 2.87. The number of anilines is 1. The molecule has 0 radical (unpaired) electrons. The number of hydrogen-bond donors (Lipinski definition) is 0. The Morgan fingerprint density at radius 3 is 2.33 bits per heavy atom. The average Bonchev–Trinajstić information content (AvgIpc) is 2.67. The van der Waals surface area contributed by atoms with E-state index < -0.39 is 0 Å². The van der Waals surface area contributed by atoms with Crippen LogP contribution in [0.4, 0.5) is 5.69 Å². The molecule has 0 unspecified atom stereocenters. The van der Waals surface area contributed by atoms with Gasteiger partial charge in [-0.1, -0.05) is 0 Å². The second-order valence-corrected chi connectivity index (χ2v) is 5.55. The summed E-state index contributed by atoms with van der Waals surface area (Å²) in [4.78, 5) is 21.0. The number of nitrogens with zero attached hydrogens (tertiary/aromatic N) is 3. The lowest BCUT2D eigenvalue weighted by Gasteiger charge is -2.36. The summed E-state index contributed by atoms with van der Waals surface area (Å²) in [6, 6.07) is 9.26. The van der Waals surface area contributed by atoms with Crippen molar-refractivity contribution in [3.8, 4) is 11.5 Å². The molecule has 24 heavy (non-hydrogen) atoms. The summed E-state index contributed by atoms with van der Waals surface area (Å²) in [5, 5.41) is 0. The standard InChI is InChI=1S/C18H21N3O3/c1-23-15-3-4-16(17(13-15)24-2)18(22)21-11-9-20(10-12-21)14-5-7-19-8-6-14/h3-8,13H,9-12H2,1-2H3. The third-order valence-corrected chi connectivity index (χ3v) is 4.23. The molecule has 1 aliphatic rings. The van der Waals surface area contributed by atoms with E-state index in [1.807, 2.05) is 17.0 Å². The number of amides is 1. The van der Waals surface area contributed by atoms with Crippen molar-refractivity contribution in [1.82, 2.24) is 9.88 Å². The molecule has 1 aromatic carbocycles. The first kappa shape index (κ1) is 16.1.